The molecule has 0 spiro atoms. The normalized spacial score (nSPS) is 10.5. The lowest BCUT2D eigenvalue weighted by molar-refractivity contribution is -0.119. The Hall–Kier alpha value is -2.77. The minimum Gasteiger partial charge on any atom is -0.451 e. The van der Waals surface area contributed by atoms with Gasteiger partial charge >= 0.3 is 5.97 Å². The fourth-order valence-corrected chi connectivity index (χ4v) is 3.42. The SMILES string of the molecule is Cc1nc(-c2ccc(F)cc2)sc1C(=O)OCC(=O)Nc1cccc(Cl)c1. The molecule has 0 aliphatic rings. The molecule has 1 N–H and O–H groups in total. The molecular formula is C19H14ClFN2O3S. The minimum atomic E-state index is -0.639. The minimum absolute atomic E-state index is 0.296. The number of carbonyl (C=O) groups is 2. The molecule has 0 unspecified atom stereocenters. The molecule has 0 radical (unpaired) electrons. The second-order valence-corrected chi connectivity index (χ2v) is 7.01. The number of nitrogens with one attached hydrogen (secondary N) is 1. The quantitative estimate of drug-likeness (QED) is 0.625. The number of hydrogen-bond donors (Lipinski definition) is 1. The summed E-state index contributed by atoms with van der Waals surface area (Å²) in [6.45, 7) is 1.24. The van der Waals surface area contributed by atoms with Gasteiger partial charge in [-0.05, 0) is 49.4 Å². The number of aryl methyl sites for hydroxylation is 1. The van der Waals surface area contributed by atoms with Crippen molar-refractivity contribution in [1.82, 2.24) is 4.98 Å². The van der Waals surface area contributed by atoms with E-state index in [9.17, 15) is 14.0 Å². The van der Waals surface area contributed by atoms with Crippen LogP contribution in [0.2, 0.25) is 5.02 Å². The van der Waals surface area contributed by atoms with E-state index in [0.717, 1.165) is 11.3 Å². The largest absolute Gasteiger partial charge is 0.451 e. The summed E-state index contributed by atoms with van der Waals surface area (Å²) < 4.78 is 18.1. The van der Waals surface area contributed by atoms with Crippen LogP contribution in [0.4, 0.5) is 10.1 Å². The van der Waals surface area contributed by atoms with Gasteiger partial charge in [0.1, 0.15) is 15.7 Å². The van der Waals surface area contributed by atoms with E-state index in [0.29, 0.717) is 31.9 Å². The Balaban J connectivity index is 1.62. The summed E-state index contributed by atoms with van der Waals surface area (Å²) >= 11 is 6.98. The monoisotopic (exact) mass is 404 g/mol. The number of rotatable bonds is 5. The van der Waals surface area contributed by atoms with Crippen LogP contribution in [-0.2, 0) is 9.53 Å². The lowest BCUT2D eigenvalue weighted by atomic mass is 10.2. The predicted octanol–water partition coefficient (Wildman–Crippen LogP) is 4.71. The Labute approximate surface area is 163 Å². The van der Waals surface area contributed by atoms with Gasteiger partial charge in [0.2, 0.25) is 0 Å². The van der Waals surface area contributed by atoms with E-state index in [1.165, 1.54) is 12.1 Å². The van der Waals surface area contributed by atoms with Crippen LogP contribution in [-0.4, -0.2) is 23.5 Å². The molecule has 3 rings (SSSR count). The number of thiazole rings is 1. The van der Waals surface area contributed by atoms with Crippen LogP contribution in [0.1, 0.15) is 15.4 Å². The van der Waals surface area contributed by atoms with Crippen molar-refractivity contribution >= 4 is 40.5 Å². The number of amides is 1. The van der Waals surface area contributed by atoms with E-state index >= 15 is 0 Å². The second-order valence-electron chi connectivity index (χ2n) is 5.58. The molecule has 3 aromatic rings. The van der Waals surface area contributed by atoms with Crippen molar-refractivity contribution < 1.29 is 18.7 Å². The number of halogens is 2. The molecule has 1 aromatic heterocycles. The number of benzene rings is 2. The molecule has 1 amide bonds. The third-order valence-corrected chi connectivity index (χ3v) is 4.94. The van der Waals surface area contributed by atoms with Crippen molar-refractivity contribution in [2.45, 2.75) is 6.92 Å². The molecule has 0 saturated heterocycles. The van der Waals surface area contributed by atoms with E-state index in [1.807, 2.05) is 0 Å². The summed E-state index contributed by atoms with van der Waals surface area (Å²) in [4.78, 5) is 28.8. The van der Waals surface area contributed by atoms with Gasteiger partial charge in [-0.3, -0.25) is 4.79 Å². The highest BCUT2D eigenvalue weighted by Gasteiger charge is 2.18. The zero-order valence-electron chi connectivity index (χ0n) is 14.2. The highest BCUT2D eigenvalue weighted by molar-refractivity contribution is 7.17. The van der Waals surface area contributed by atoms with Crippen LogP contribution in [0.25, 0.3) is 10.6 Å². The highest BCUT2D eigenvalue weighted by Crippen LogP contribution is 2.28. The van der Waals surface area contributed by atoms with Crippen molar-refractivity contribution in [3.63, 3.8) is 0 Å². The van der Waals surface area contributed by atoms with E-state index in [-0.39, 0.29) is 5.82 Å². The van der Waals surface area contributed by atoms with Gasteiger partial charge in [0.25, 0.3) is 5.91 Å². The first kappa shape index (κ1) is 19.0. The van der Waals surface area contributed by atoms with Crippen LogP contribution in [0.5, 0.6) is 0 Å². The van der Waals surface area contributed by atoms with Crippen LogP contribution in [0.3, 0.4) is 0 Å². The number of nitrogens with zero attached hydrogens (tertiary/aromatic N) is 1. The number of aromatic nitrogens is 1. The summed E-state index contributed by atoms with van der Waals surface area (Å²) in [6, 6.07) is 12.5. The van der Waals surface area contributed by atoms with Gasteiger partial charge < -0.3 is 10.1 Å². The predicted molar refractivity (Wildman–Crippen MR) is 103 cm³/mol. The molecular weight excluding hydrogens is 391 g/mol. The first-order valence-corrected chi connectivity index (χ1v) is 9.08. The van der Waals surface area contributed by atoms with Gasteiger partial charge in [-0.15, -0.1) is 11.3 Å². The van der Waals surface area contributed by atoms with Gasteiger partial charge in [0.05, 0.1) is 5.69 Å². The van der Waals surface area contributed by atoms with Crippen molar-refractivity contribution in [1.29, 1.82) is 0 Å². The van der Waals surface area contributed by atoms with Crippen LogP contribution in [0.15, 0.2) is 48.5 Å². The fourth-order valence-electron chi connectivity index (χ4n) is 2.26. The molecule has 8 heteroatoms. The number of ether oxygens (including phenoxy) is 1. The Morgan fingerprint density at radius 1 is 1.22 bits per heavy atom. The van der Waals surface area contributed by atoms with Crippen LogP contribution in [0, 0.1) is 12.7 Å². The number of hydrogen-bond acceptors (Lipinski definition) is 5. The topological polar surface area (TPSA) is 68.3 Å². The molecule has 0 atom stereocenters. The highest BCUT2D eigenvalue weighted by atomic mass is 35.5. The third kappa shape index (κ3) is 4.90. The number of carbonyl (C=O) groups excluding carboxylic acids is 2. The molecule has 0 bridgehead atoms. The molecule has 5 nitrogen and oxygen atoms in total. The smallest absolute Gasteiger partial charge is 0.350 e. The second kappa shape index (κ2) is 8.28. The zero-order valence-corrected chi connectivity index (χ0v) is 15.7. The Morgan fingerprint density at radius 2 is 1.96 bits per heavy atom. The van der Waals surface area contributed by atoms with Crippen molar-refractivity contribution in [3.8, 4) is 10.6 Å². The van der Waals surface area contributed by atoms with Crippen molar-refractivity contribution in [2.75, 3.05) is 11.9 Å². The summed E-state index contributed by atoms with van der Waals surface area (Å²) in [5.41, 5.74) is 1.69. The maximum absolute atomic E-state index is 13.0. The van der Waals surface area contributed by atoms with E-state index in [2.05, 4.69) is 10.3 Å². The summed E-state index contributed by atoms with van der Waals surface area (Å²) in [7, 11) is 0. The van der Waals surface area contributed by atoms with E-state index < -0.39 is 18.5 Å². The average molecular weight is 405 g/mol. The van der Waals surface area contributed by atoms with Gasteiger partial charge in [0.15, 0.2) is 6.61 Å². The van der Waals surface area contributed by atoms with Crippen LogP contribution < -0.4 is 5.32 Å². The Kier molecular flexibility index (Phi) is 5.83. The molecule has 138 valence electrons. The summed E-state index contributed by atoms with van der Waals surface area (Å²) in [6.07, 6.45) is 0. The average Bonchev–Trinajstić information content (AvgIpc) is 3.02. The van der Waals surface area contributed by atoms with E-state index in [4.69, 9.17) is 16.3 Å². The molecule has 2 aromatic carbocycles. The molecule has 0 fully saturated rings. The van der Waals surface area contributed by atoms with Gasteiger partial charge in [0, 0.05) is 16.3 Å². The summed E-state index contributed by atoms with van der Waals surface area (Å²) in [5.74, 6) is -1.47. The van der Waals surface area contributed by atoms with E-state index in [1.54, 1.807) is 43.3 Å². The number of anilines is 1. The maximum Gasteiger partial charge on any atom is 0.350 e. The molecule has 0 saturated carbocycles. The molecule has 0 aliphatic heterocycles. The molecule has 1 heterocycles. The molecule has 0 aliphatic carbocycles. The van der Waals surface area contributed by atoms with Crippen molar-refractivity contribution in [2.24, 2.45) is 0 Å². The number of esters is 1. The van der Waals surface area contributed by atoms with Gasteiger partial charge in [-0.1, -0.05) is 17.7 Å². The summed E-state index contributed by atoms with van der Waals surface area (Å²) in [5, 5.41) is 3.65. The van der Waals surface area contributed by atoms with Crippen molar-refractivity contribution in [3.05, 3.63) is 69.9 Å². The fraction of sp³-hybridized carbons (Fsp3) is 0.105. The van der Waals surface area contributed by atoms with Crippen LogP contribution >= 0.6 is 22.9 Å². The first-order chi connectivity index (χ1) is 12.9. The zero-order chi connectivity index (χ0) is 19.4. The van der Waals surface area contributed by atoms with Gasteiger partial charge in [-0.25, -0.2) is 14.2 Å². The molecule has 27 heavy (non-hydrogen) atoms. The Bertz CT molecular complexity index is 989. The lowest BCUT2D eigenvalue weighted by Crippen LogP contribution is -2.20. The first-order valence-electron chi connectivity index (χ1n) is 7.88. The Morgan fingerprint density at radius 3 is 2.67 bits per heavy atom. The lowest BCUT2D eigenvalue weighted by Gasteiger charge is -2.06. The standard InChI is InChI=1S/C19H14ClFN2O3S/c1-11-17(27-18(22-11)12-5-7-14(21)8-6-12)19(25)26-10-16(24)23-15-4-2-3-13(20)9-15/h2-9H,10H2,1H3,(H,23,24). The van der Waals surface area contributed by atoms with Gasteiger partial charge in [-0.2, -0.15) is 0 Å². The third-order valence-electron chi connectivity index (χ3n) is 3.52. The maximum atomic E-state index is 13.0.